The maximum Gasteiger partial charge on any atom is 0.319 e. The number of carbonyl (C=O) groups excluding carboxylic acids is 1. The molecule has 3 nitrogen and oxygen atoms in total. The third-order valence-corrected chi connectivity index (χ3v) is 1.78. The molecule has 0 atom stereocenters. The van der Waals surface area contributed by atoms with Gasteiger partial charge < -0.3 is 10.1 Å². The molecule has 0 spiro atoms. The molecule has 0 aliphatic rings. The van der Waals surface area contributed by atoms with Crippen molar-refractivity contribution in [2.45, 2.75) is 6.54 Å². The van der Waals surface area contributed by atoms with E-state index in [1.54, 1.807) is 0 Å². The van der Waals surface area contributed by atoms with Crippen molar-refractivity contribution in [3.05, 3.63) is 29.8 Å². The molecule has 0 amide bonds. The Labute approximate surface area is 84.9 Å². The standard InChI is InChI=1S/C10H12BNO2/c1-14-10(13)7-12-6-8-3-2-4-9(11)5-8/h2-5,12H,6-7H2,1H3. The van der Waals surface area contributed by atoms with Crippen molar-refractivity contribution >= 4 is 19.3 Å². The fraction of sp³-hybridized carbons (Fsp3) is 0.300. The molecule has 1 aromatic carbocycles. The highest BCUT2D eigenvalue weighted by molar-refractivity contribution is 6.32. The van der Waals surface area contributed by atoms with Gasteiger partial charge in [-0.3, -0.25) is 4.79 Å². The summed E-state index contributed by atoms with van der Waals surface area (Å²) in [7, 11) is 6.96. The van der Waals surface area contributed by atoms with Crippen molar-refractivity contribution in [2.24, 2.45) is 0 Å². The highest BCUT2D eigenvalue weighted by Gasteiger charge is 1.98. The molecule has 0 heterocycles. The second-order valence-corrected chi connectivity index (χ2v) is 2.92. The summed E-state index contributed by atoms with van der Waals surface area (Å²) in [6, 6.07) is 7.51. The number of methoxy groups -OCH3 is 1. The molecule has 0 unspecified atom stereocenters. The van der Waals surface area contributed by atoms with Crippen molar-refractivity contribution in [3.8, 4) is 0 Å². The third kappa shape index (κ3) is 3.62. The number of nitrogens with one attached hydrogen (secondary N) is 1. The Morgan fingerprint density at radius 2 is 2.36 bits per heavy atom. The van der Waals surface area contributed by atoms with Crippen LogP contribution < -0.4 is 10.8 Å². The summed E-state index contributed by atoms with van der Waals surface area (Å²) >= 11 is 0. The predicted octanol–water partition coefficient (Wildman–Crippen LogP) is -0.257. The number of hydrogen-bond acceptors (Lipinski definition) is 3. The minimum Gasteiger partial charge on any atom is -0.468 e. The lowest BCUT2D eigenvalue weighted by molar-refractivity contribution is -0.139. The average Bonchev–Trinajstić information content (AvgIpc) is 2.17. The van der Waals surface area contributed by atoms with Gasteiger partial charge in [0.15, 0.2) is 0 Å². The molecule has 14 heavy (non-hydrogen) atoms. The fourth-order valence-corrected chi connectivity index (χ4v) is 1.08. The number of hydrogen-bond donors (Lipinski definition) is 1. The van der Waals surface area contributed by atoms with Crippen molar-refractivity contribution in [1.29, 1.82) is 0 Å². The van der Waals surface area contributed by atoms with Crippen LogP contribution in [0, 0.1) is 0 Å². The molecule has 4 heteroatoms. The summed E-state index contributed by atoms with van der Waals surface area (Å²) < 4.78 is 4.49. The Kier molecular flexibility index (Phi) is 4.20. The van der Waals surface area contributed by atoms with Crippen molar-refractivity contribution in [3.63, 3.8) is 0 Å². The second kappa shape index (κ2) is 5.45. The van der Waals surface area contributed by atoms with E-state index in [1.807, 2.05) is 24.3 Å². The summed E-state index contributed by atoms with van der Waals surface area (Å²) in [5.41, 5.74) is 1.77. The normalized spacial score (nSPS) is 9.79. The first-order valence-electron chi connectivity index (χ1n) is 4.34. The Morgan fingerprint density at radius 3 is 3.00 bits per heavy atom. The van der Waals surface area contributed by atoms with Gasteiger partial charge >= 0.3 is 5.97 Å². The van der Waals surface area contributed by atoms with Crippen LogP contribution in [0.3, 0.4) is 0 Å². The quantitative estimate of drug-likeness (QED) is 0.524. The number of benzene rings is 1. The topological polar surface area (TPSA) is 38.3 Å². The SMILES string of the molecule is [B]c1cccc(CNCC(=O)OC)c1. The van der Waals surface area contributed by atoms with Gasteiger partial charge in [-0.15, -0.1) is 0 Å². The molecular formula is C10H12BNO2. The number of ether oxygens (including phenoxy) is 1. The van der Waals surface area contributed by atoms with Gasteiger partial charge in [-0.25, -0.2) is 0 Å². The van der Waals surface area contributed by atoms with Crippen LogP contribution in [0.15, 0.2) is 24.3 Å². The Hall–Kier alpha value is -1.29. The van der Waals surface area contributed by atoms with Gasteiger partial charge in [0, 0.05) is 6.54 Å². The van der Waals surface area contributed by atoms with E-state index in [1.165, 1.54) is 7.11 Å². The lowest BCUT2D eigenvalue weighted by Gasteiger charge is -2.04. The van der Waals surface area contributed by atoms with E-state index in [9.17, 15) is 4.79 Å². The van der Waals surface area contributed by atoms with Crippen molar-refractivity contribution in [1.82, 2.24) is 5.32 Å². The van der Waals surface area contributed by atoms with Gasteiger partial charge in [0.05, 0.1) is 13.7 Å². The Balaban J connectivity index is 2.35. The second-order valence-electron chi connectivity index (χ2n) is 2.92. The number of esters is 1. The molecule has 0 aromatic heterocycles. The van der Waals surface area contributed by atoms with Crippen molar-refractivity contribution < 1.29 is 9.53 Å². The Bertz CT molecular complexity index is 315. The number of rotatable bonds is 4. The van der Waals surface area contributed by atoms with Gasteiger partial charge in [-0.05, 0) is 5.56 Å². The zero-order chi connectivity index (χ0) is 10.4. The summed E-state index contributed by atoms with van der Waals surface area (Å²) in [6.07, 6.45) is 0. The van der Waals surface area contributed by atoms with Crippen LogP contribution in [-0.4, -0.2) is 27.5 Å². The maximum atomic E-state index is 10.8. The van der Waals surface area contributed by atoms with Gasteiger partial charge in [-0.2, -0.15) is 0 Å². The molecule has 0 saturated carbocycles. The van der Waals surface area contributed by atoms with Gasteiger partial charge in [-0.1, -0.05) is 29.7 Å². The molecule has 1 aromatic rings. The molecule has 2 radical (unpaired) electrons. The van der Waals surface area contributed by atoms with E-state index in [2.05, 4.69) is 10.1 Å². The molecule has 1 N–H and O–H groups in total. The Morgan fingerprint density at radius 1 is 1.57 bits per heavy atom. The first kappa shape index (κ1) is 10.8. The van der Waals surface area contributed by atoms with E-state index in [4.69, 9.17) is 7.85 Å². The molecule has 0 saturated heterocycles. The summed E-state index contributed by atoms with van der Waals surface area (Å²) in [4.78, 5) is 10.8. The van der Waals surface area contributed by atoms with Gasteiger partial charge in [0.25, 0.3) is 0 Å². The van der Waals surface area contributed by atoms with Crippen LogP contribution in [0.4, 0.5) is 0 Å². The first-order chi connectivity index (χ1) is 6.72. The summed E-state index contributed by atoms with van der Waals surface area (Å²) in [6.45, 7) is 0.825. The van der Waals surface area contributed by atoms with E-state index < -0.39 is 0 Å². The third-order valence-electron chi connectivity index (χ3n) is 1.78. The van der Waals surface area contributed by atoms with E-state index >= 15 is 0 Å². The minimum absolute atomic E-state index is 0.214. The molecule has 0 bridgehead atoms. The summed E-state index contributed by atoms with van der Waals surface area (Å²) in [5, 5.41) is 2.95. The van der Waals surface area contributed by atoms with E-state index in [0.717, 1.165) is 11.0 Å². The lowest BCUT2D eigenvalue weighted by atomic mass is 9.94. The van der Waals surface area contributed by atoms with Crippen LogP contribution in [0.1, 0.15) is 5.56 Å². The molecule has 1 rings (SSSR count). The maximum absolute atomic E-state index is 10.8. The lowest BCUT2D eigenvalue weighted by Crippen LogP contribution is -2.23. The number of carbonyl (C=O) groups is 1. The molecule has 0 aliphatic carbocycles. The predicted molar refractivity (Wildman–Crippen MR) is 55.6 cm³/mol. The molecule has 0 fully saturated rings. The van der Waals surface area contributed by atoms with Crippen LogP contribution >= 0.6 is 0 Å². The van der Waals surface area contributed by atoms with Crippen LogP contribution in [0.5, 0.6) is 0 Å². The van der Waals surface area contributed by atoms with Crippen LogP contribution in [0.25, 0.3) is 0 Å². The first-order valence-corrected chi connectivity index (χ1v) is 4.34. The highest BCUT2D eigenvalue weighted by Crippen LogP contribution is 1.94. The minimum atomic E-state index is -0.270. The van der Waals surface area contributed by atoms with E-state index in [-0.39, 0.29) is 12.5 Å². The zero-order valence-corrected chi connectivity index (χ0v) is 8.12. The van der Waals surface area contributed by atoms with Gasteiger partial charge in [0.2, 0.25) is 0 Å². The molecule has 0 aliphatic heterocycles. The zero-order valence-electron chi connectivity index (χ0n) is 8.12. The highest BCUT2D eigenvalue weighted by atomic mass is 16.5. The van der Waals surface area contributed by atoms with Gasteiger partial charge in [0.1, 0.15) is 7.85 Å². The van der Waals surface area contributed by atoms with Crippen LogP contribution in [0.2, 0.25) is 0 Å². The fourth-order valence-electron chi connectivity index (χ4n) is 1.08. The molecular weight excluding hydrogens is 177 g/mol. The molecule has 72 valence electrons. The average molecular weight is 189 g/mol. The smallest absolute Gasteiger partial charge is 0.319 e. The van der Waals surface area contributed by atoms with Crippen molar-refractivity contribution in [2.75, 3.05) is 13.7 Å². The monoisotopic (exact) mass is 189 g/mol. The van der Waals surface area contributed by atoms with Crippen LogP contribution in [-0.2, 0) is 16.1 Å². The largest absolute Gasteiger partial charge is 0.468 e. The van der Waals surface area contributed by atoms with E-state index in [0.29, 0.717) is 6.54 Å². The summed E-state index contributed by atoms with van der Waals surface area (Å²) in [5.74, 6) is -0.270.